The van der Waals surface area contributed by atoms with E-state index in [4.69, 9.17) is 4.74 Å². The lowest BCUT2D eigenvalue weighted by molar-refractivity contribution is -0.155. The highest BCUT2D eigenvalue weighted by atomic mass is 16.5. The van der Waals surface area contributed by atoms with Gasteiger partial charge in [-0.05, 0) is 29.5 Å². The summed E-state index contributed by atoms with van der Waals surface area (Å²) in [6, 6.07) is 28.9. The van der Waals surface area contributed by atoms with Crippen LogP contribution in [0, 0.1) is 0 Å². The Morgan fingerprint density at radius 2 is 1.17 bits per heavy atom. The molecule has 0 aliphatic carbocycles. The van der Waals surface area contributed by atoms with Gasteiger partial charge in [-0.15, -0.1) is 0 Å². The van der Waals surface area contributed by atoms with E-state index in [1.165, 1.54) is 0 Å². The van der Waals surface area contributed by atoms with Crippen LogP contribution in [-0.2, 0) is 14.3 Å². The summed E-state index contributed by atoms with van der Waals surface area (Å²) in [5, 5.41) is 2.89. The standard InChI is InChI=1S/C26H27NO3/c1-19(21-12-6-3-7-13-21)18-27-25(28)20(2)30-26(29)24(22-14-8-4-9-15-22)23-16-10-5-11-17-23/h3-17,19-20,24H,18H2,1-2H3,(H,27,28)/t19-,20-/m0/s1. The Balaban J connectivity index is 1.64. The highest BCUT2D eigenvalue weighted by Crippen LogP contribution is 2.26. The van der Waals surface area contributed by atoms with E-state index in [9.17, 15) is 9.59 Å². The third-order valence-electron chi connectivity index (χ3n) is 5.11. The Hall–Kier alpha value is -3.40. The molecule has 0 bridgehead atoms. The van der Waals surface area contributed by atoms with Gasteiger partial charge in [0.05, 0.1) is 0 Å². The van der Waals surface area contributed by atoms with Crippen molar-refractivity contribution in [1.82, 2.24) is 5.32 Å². The van der Waals surface area contributed by atoms with E-state index in [1.807, 2.05) is 97.9 Å². The van der Waals surface area contributed by atoms with Crippen LogP contribution in [0.4, 0.5) is 0 Å². The fraction of sp³-hybridized carbons (Fsp3) is 0.231. The van der Waals surface area contributed by atoms with E-state index in [1.54, 1.807) is 6.92 Å². The molecule has 0 aliphatic heterocycles. The summed E-state index contributed by atoms with van der Waals surface area (Å²) in [5.41, 5.74) is 2.81. The van der Waals surface area contributed by atoms with E-state index in [0.717, 1.165) is 16.7 Å². The lowest BCUT2D eigenvalue weighted by Gasteiger charge is -2.21. The predicted octanol–water partition coefficient (Wildman–Crippen LogP) is 4.67. The first-order valence-corrected chi connectivity index (χ1v) is 10.2. The highest BCUT2D eigenvalue weighted by molar-refractivity contribution is 5.87. The van der Waals surface area contributed by atoms with Crippen molar-refractivity contribution in [3.8, 4) is 0 Å². The molecular weight excluding hydrogens is 374 g/mol. The number of hydrogen-bond donors (Lipinski definition) is 1. The molecule has 2 atom stereocenters. The minimum absolute atomic E-state index is 0.166. The molecule has 0 heterocycles. The number of carbonyl (C=O) groups is 2. The smallest absolute Gasteiger partial charge is 0.318 e. The fourth-order valence-corrected chi connectivity index (χ4v) is 3.35. The first kappa shape index (κ1) is 21.3. The van der Waals surface area contributed by atoms with Gasteiger partial charge in [0.25, 0.3) is 5.91 Å². The van der Waals surface area contributed by atoms with Gasteiger partial charge in [-0.2, -0.15) is 0 Å². The Morgan fingerprint density at radius 1 is 0.733 bits per heavy atom. The van der Waals surface area contributed by atoms with Crippen molar-refractivity contribution in [3.05, 3.63) is 108 Å². The van der Waals surface area contributed by atoms with Gasteiger partial charge < -0.3 is 10.1 Å². The molecule has 0 unspecified atom stereocenters. The van der Waals surface area contributed by atoms with E-state index in [2.05, 4.69) is 5.32 Å². The van der Waals surface area contributed by atoms with Gasteiger partial charge in [0.1, 0.15) is 5.92 Å². The molecule has 1 amide bonds. The van der Waals surface area contributed by atoms with Crippen molar-refractivity contribution in [2.45, 2.75) is 31.8 Å². The summed E-state index contributed by atoms with van der Waals surface area (Å²) in [7, 11) is 0. The topological polar surface area (TPSA) is 55.4 Å². The summed E-state index contributed by atoms with van der Waals surface area (Å²) < 4.78 is 5.57. The maximum Gasteiger partial charge on any atom is 0.318 e. The summed E-state index contributed by atoms with van der Waals surface area (Å²) in [6.07, 6.45) is -0.879. The molecule has 1 N–H and O–H groups in total. The minimum Gasteiger partial charge on any atom is -0.452 e. The number of benzene rings is 3. The van der Waals surface area contributed by atoms with E-state index in [0.29, 0.717) is 6.54 Å². The molecule has 4 heteroatoms. The summed E-state index contributed by atoms with van der Waals surface area (Å²) >= 11 is 0. The van der Waals surface area contributed by atoms with E-state index >= 15 is 0 Å². The van der Waals surface area contributed by atoms with E-state index < -0.39 is 18.0 Å². The molecule has 0 saturated heterocycles. The Morgan fingerprint density at radius 3 is 1.63 bits per heavy atom. The van der Waals surface area contributed by atoms with E-state index in [-0.39, 0.29) is 11.8 Å². The molecule has 0 saturated carbocycles. The van der Waals surface area contributed by atoms with Gasteiger partial charge in [-0.25, -0.2) is 0 Å². The first-order valence-electron chi connectivity index (χ1n) is 10.2. The number of carbonyl (C=O) groups excluding carboxylic acids is 2. The first-order chi connectivity index (χ1) is 14.6. The van der Waals surface area contributed by atoms with Crippen LogP contribution in [-0.4, -0.2) is 24.5 Å². The van der Waals surface area contributed by atoms with Crippen LogP contribution in [0.5, 0.6) is 0 Å². The number of ether oxygens (including phenoxy) is 1. The summed E-state index contributed by atoms with van der Waals surface area (Å²) in [6.45, 7) is 4.13. The van der Waals surface area contributed by atoms with Crippen molar-refractivity contribution >= 4 is 11.9 Å². The van der Waals surface area contributed by atoms with Crippen molar-refractivity contribution in [2.24, 2.45) is 0 Å². The van der Waals surface area contributed by atoms with Gasteiger partial charge in [-0.1, -0.05) is 97.9 Å². The van der Waals surface area contributed by atoms with Gasteiger partial charge in [0.2, 0.25) is 0 Å². The van der Waals surface area contributed by atoms with Gasteiger partial charge in [0, 0.05) is 6.54 Å². The number of nitrogens with one attached hydrogen (secondary N) is 1. The van der Waals surface area contributed by atoms with Crippen LogP contribution >= 0.6 is 0 Å². The normalized spacial score (nSPS) is 12.8. The number of esters is 1. The van der Waals surface area contributed by atoms with Crippen molar-refractivity contribution in [2.75, 3.05) is 6.54 Å². The average Bonchev–Trinajstić information content (AvgIpc) is 2.79. The van der Waals surface area contributed by atoms with Gasteiger partial charge >= 0.3 is 5.97 Å². The largest absolute Gasteiger partial charge is 0.452 e. The maximum atomic E-state index is 13.0. The average molecular weight is 402 g/mol. The minimum atomic E-state index is -0.879. The zero-order valence-corrected chi connectivity index (χ0v) is 17.3. The van der Waals surface area contributed by atoms with Crippen molar-refractivity contribution in [3.63, 3.8) is 0 Å². The number of hydrogen-bond acceptors (Lipinski definition) is 3. The second-order valence-electron chi connectivity index (χ2n) is 7.39. The van der Waals surface area contributed by atoms with Gasteiger partial charge in [0.15, 0.2) is 6.10 Å². The molecule has 4 nitrogen and oxygen atoms in total. The molecule has 30 heavy (non-hydrogen) atoms. The number of rotatable bonds is 8. The van der Waals surface area contributed by atoms with Crippen LogP contribution in [0.25, 0.3) is 0 Å². The van der Waals surface area contributed by atoms with Crippen LogP contribution < -0.4 is 5.32 Å². The molecule has 154 valence electrons. The molecule has 0 spiro atoms. The third-order valence-corrected chi connectivity index (χ3v) is 5.11. The van der Waals surface area contributed by atoms with Crippen molar-refractivity contribution in [1.29, 1.82) is 0 Å². The van der Waals surface area contributed by atoms with Crippen LogP contribution in [0.1, 0.15) is 42.4 Å². The van der Waals surface area contributed by atoms with Crippen LogP contribution in [0.3, 0.4) is 0 Å². The second kappa shape index (κ2) is 10.4. The lowest BCUT2D eigenvalue weighted by Crippen LogP contribution is -2.38. The quantitative estimate of drug-likeness (QED) is 0.558. The number of amides is 1. The molecule has 0 aromatic heterocycles. The zero-order valence-electron chi connectivity index (χ0n) is 17.3. The van der Waals surface area contributed by atoms with Crippen LogP contribution in [0.15, 0.2) is 91.0 Å². The fourth-order valence-electron chi connectivity index (χ4n) is 3.35. The zero-order chi connectivity index (χ0) is 21.3. The van der Waals surface area contributed by atoms with Gasteiger partial charge in [-0.3, -0.25) is 9.59 Å². The molecular formula is C26H27NO3. The van der Waals surface area contributed by atoms with Crippen LogP contribution in [0.2, 0.25) is 0 Å². The predicted molar refractivity (Wildman–Crippen MR) is 118 cm³/mol. The SMILES string of the molecule is C[C@H](OC(=O)C(c1ccccc1)c1ccccc1)C(=O)NC[C@H](C)c1ccccc1. The summed E-state index contributed by atoms with van der Waals surface area (Å²) in [4.78, 5) is 25.5. The molecule has 0 fully saturated rings. The lowest BCUT2D eigenvalue weighted by atomic mass is 9.91. The molecule has 3 rings (SSSR count). The Kier molecular flexibility index (Phi) is 7.39. The Labute approximate surface area is 177 Å². The molecule has 0 aliphatic rings. The van der Waals surface area contributed by atoms with Crippen molar-refractivity contribution < 1.29 is 14.3 Å². The third kappa shape index (κ3) is 5.57. The summed E-state index contributed by atoms with van der Waals surface area (Å²) in [5.74, 6) is -1.15. The molecule has 0 radical (unpaired) electrons. The highest BCUT2D eigenvalue weighted by Gasteiger charge is 2.27. The maximum absolute atomic E-state index is 13.0. The second-order valence-corrected chi connectivity index (χ2v) is 7.39. The molecule has 3 aromatic carbocycles. The monoisotopic (exact) mass is 401 g/mol. The Bertz CT molecular complexity index is 902. The molecule has 3 aromatic rings.